The van der Waals surface area contributed by atoms with Gasteiger partial charge in [-0.05, 0) is 43.2 Å². The lowest BCUT2D eigenvalue weighted by Crippen LogP contribution is -2.36. The summed E-state index contributed by atoms with van der Waals surface area (Å²) in [6.45, 7) is 2.89. The first-order chi connectivity index (χ1) is 12.2. The van der Waals surface area contributed by atoms with Crippen LogP contribution in [0.15, 0.2) is 41.3 Å². The monoisotopic (exact) mass is 379 g/mol. The predicted octanol–water partition coefficient (Wildman–Crippen LogP) is 2.60. The van der Waals surface area contributed by atoms with Crippen molar-refractivity contribution < 1.29 is 27.8 Å². The minimum absolute atomic E-state index is 0.0858. The van der Waals surface area contributed by atoms with Gasteiger partial charge in [0, 0.05) is 6.07 Å². The summed E-state index contributed by atoms with van der Waals surface area (Å²) in [7, 11) is -1.29. The van der Waals surface area contributed by atoms with E-state index in [1.54, 1.807) is 19.1 Å². The minimum atomic E-state index is -4.13. The smallest absolute Gasteiger partial charge is 0.324 e. The summed E-state index contributed by atoms with van der Waals surface area (Å²) in [5.74, 6) is -0.636. The summed E-state index contributed by atoms with van der Waals surface area (Å²) in [6, 6.07) is 9.25. The molecule has 0 atom stereocenters. The summed E-state index contributed by atoms with van der Waals surface area (Å²) in [4.78, 5) is 11.2. The van der Waals surface area contributed by atoms with Crippen molar-refractivity contribution in [1.82, 2.24) is 0 Å². The number of anilines is 1. The van der Waals surface area contributed by atoms with Gasteiger partial charge in [0.15, 0.2) is 11.5 Å². The fourth-order valence-corrected chi connectivity index (χ4v) is 4.02. The Labute approximate surface area is 152 Å². The highest BCUT2D eigenvalue weighted by molar-refractivity contribution is 7.92. The Morgan fingerprint density at radius 3 is 2.31 bits per heavy atom. The van der Waals surface area contributed by atoms with Gasteiger partial charge >= 0.3 is 5.97 Å². The molecule has 7 nitrogen and oxygen atoms in total. The lowest BCUT2D eigenvalue weighted by atomic mass is 10.1. The number of nitrogens with zero attached hydrogens (tertiary/aromatic N) is 1. The van der Waals surface area contributed by atoms with Crippen LogP contribution in [-0.4, -0.2) is 40.3 Å². The van der Waals surface area contributed by atoms with Gasteiger partial charge in [-0.1, -0.05) is 12.1 Å². The number of hydrogen-bond acceptors (Lipinski definition) is 5. The SMILES string of the molecule is COc1ccc(S(=O)(=O)N(CC(=O)O)c2cccc(C)c2C)cc1OC. The number of carboxylic acid groups (broad SMARTS) is 1. The van der Waals surface area contributed by atoms with Crippen molar-refractivity contribution >= 4 is 21.7 Å². The largest absolute Gasteiger partial charge is 0.493 e. The van der Waals surface area contributed by atoms with E-state index in [0.717, 1.165) is 9.87 Å². The molecule has 0 unspecified atom stereocenters. The molecule has 8 heteroatoms. The number of carbonyl (C=O) groups is 1. The molecule has 0 saturated heterocycles. The van der Waals surface area contributed by atoms with Crippen molar-refractivity contribution in [2.75, 3.05) is 25.1 Å². The minimum Gasteiger partial charge on any atom is -0.493 e. The Bertz CT molecular complexity index is 923. The average molecular weight is 379 g/mol. The van der Waals surface area contributed by atoms with Gasteiger partial charge in [0.2, 0.25) is 0 Å². The van der Waals surface area contributed by atoms with Crippen LogP contribution in [0.5, 0.6) is 11.5 Å². The van der Waals surface area contributed by atoms with Crippen LogP contribution in [0, 0.1) is 13.8 Å². The second-order valence-electron chi connectivity index (χ2n) is 5.64. The summed E-state index contributed by atoms with van der Waals surface area (Å²) in [5, 5.41) is 9.25. The zero-order chi connectivity index (χ0) is 19.5. The molecule has 0 bridgehead atoms. The van der Waals surface area contributed by atoms with Crippen LogP contribution in [0.1, 0.15) is 11.1 Å². The first-order valence-electron chi connectivity index (χ1n) is 7.75. The van der Waals surface area contributed by atoms with E-state index in [0.29, 0.717) is 17.0 Å². The van der Waals surface area contributed by atoms with Crippen LogP contribution < -0.4 is 13.8 Å². The fourth-order valence-electron chi connectivity index (χ4n) is 2.53. The van der Waals surface area contributed by atoms with Crippen molar-refractivity contribution in [3.63, 3.8) is 0 Å². The molecular formula is C18H21NO6S. The molecule has 0 aromatic heterocycles. The maximum atomic E-state index is 13.2. The molecule has 0 spiro atoms. The van der Waals surface area contributed by atoms with Crippen LogP contribution in [0.2, 0.25) is 0 Å². The number of aryl methyl sites for hydroxylation is 1. The molecule has 0 aliphatic rings. The summed E-state index contributed by atoms with van der Waals surface area (Å²) >= 11 is 0. The molecule has 2 aromatic carbocycles. The van der Waals surface area contributed by atoms with Crippen molar-refractivity contribution in [1.29, 1.82) is 0 Å². The van der Waals surface area contributed by atoms with E-state index in [1.165, 1.54) is 32.4 Å². The molecule has 1 N–H and O–H groups in total. The third-order valence-electron chi connectivity index (χ3n) is 4.07. The van der Waals surface area contributed by atoms with Gasteiger partial charge in [0.25, 0.3) is 10.0 Å². The van der Waals surface area contributed by atoms with Gasteiger partial charge in [-0.3, -0.25) is 9.10 Å². The molecule has 2 aromatic rings. The Morgan fingerprint density at radius 2 is 1.73 bits per heavy atom. The maximum Gasteiger partial charge on any atom is 0.324 e. The van der Waals surface area contributed by atoms with Crippen LogP contribution >= 0.6 is 0 Å². The maximum absolute atomic E-state index is 13.2. The molecule has 0 fully saturated rings. The number of hydrogen-bond donors (Lipinski definition) is 1. The molecule has 0 radical (unpaired) electrons. The topological polar surface area (TPSA) is 93.1 Å². The third kappa shape index (κ3) is 3.75. The first kappa shape index (κ1) is 19.6. The predicted molar refractivity (Wildman–Crippen MR) is 97.6 cm³/mol. The Hall–Kier alpha value is -2.74. The second kappa shape index (κ2) is 7.65. The van der Waals surface area contributed by atoms with Gasteiger partial charge in [-0.2, -0.15) is 0 Å². The fraction of sp³-hybridized carbons (Fsp3) is 0.278. The summed E-state index contributed by atoms with van der Waals surface area (Å²) < 4.78 is 37.5. The van der Waals surface area contributed by atoms with Crippen LogP contribution in [0.3, 0.4) is 0 Å². The van der Waals surface area contributed by atoms with E-state index in [2.05, 4.69) is 0 Å². The molecule has 26 heavy (non-hydrogen) atoms. The molecular weight excluding hydrogens is 358 g/mol. The molecule has 0 saturated carbocycles. The Balaban J connectivity index is 2.64. The van der Waals surface area contributed by atoms with Gasteiger partial charge < -0.3 is 14.6 Å². The van der Waals surface area contributed by atoms with Crippen molar-refractivity contribution in [2.45, 2.75) is 18.7 Å². The van der Waals surface area contributed by atoms with Crippen molar-refractivity contribution in [3.05, 3.63) is 47.5 Å². The first-order valence-corrected chi connectivity index (χ1v) is 9.19. The van der Waals surface area contributed by atoms with E-state index in [-0.39, 0.29) is 10.6 Å². The number of sulfonamides is 1. The van der Waals surface area contributed by atoms with Gasteiger partial charge in [0.1, 0.15) is 6.54 Å². The molecule has 140 valence electrons. The number of carboxylic acids is 1. The zero-order valence-corrected chi connectivity index (χ0v) is 15.8. The quantitative estimate of drug-likeness (QED) is 0.795. The molecule has 0 heterocycles. The summed E-state index contributed by atoms with van der Waals surface area (Å²) in [6.07, 6.45) is 0. The number of ether oxygens (including phenoxy) is 2. The number of benzene rings is 2. The van der Waals surface area contributed by atoms with Gasteiger partial charge in [-0.25, -0.2) is 8.42 Å². The Morgan fingerprint density at radius 1 is 1.08 bits per heavy atom. The van der Waals surface area contributed by atoms with Gasteiger partial charge in [0.05, 0.1) is 24.8 Å². The normalized spacial score (nSPS) is 11.1. The highest BCUT2D eigenvalue weighted by atomic mass is 32.2. The van der Waals surface area contributed by atoms with E-state index in [1.807, 2.05) is 13.0 Å². The highest BCUT2D eigenvalue weighted by Crippen LogP contribution is 2.33. The highest BCUT2D eigenvalue weighted by Gasteiger charge is 2.29. The van der Waals surface area contributed by atoms with Gasteiger partial charge in [-0.15, -0.1) is 0 Å². The van der Waals surface area contributed by atoms with Crippen LogP contribution in [-0.2, 0) is 14.8 Å². The standard InChI is InChI=1S/C18H21NO6S/c1-12-6-5-7-15(13(12)2)19(11-18(20)21)26(22,23)14-8-9-16(24-3)17(10-14)25-4/h5-10H,11H2,1-4H3,(H,20,21). The molecule has 0 aliphatic heterocycles. The lowest BCUT2D eigenvalue weighted by Gasteiger charge is -2.25. The van der Waals surface area contributed by atoms with E-state index in [9.17, 15) is 18.3 Å². The number of rotatable bonds is 7. The Kier molecular flexibility index (Phi) is 5.76. The number of methoxy groups -OCH3 is 2. The van der Waals surface area contributed by atoms with E-state index < -0.39 is 22.5 Å². The van der Waals surface area contributed by atoms with Crippen molar-refractivity contribution in [3.8, 4) is 11.5 Å². The lowest BCUT2D eigenvalue weighted by molar-refractivity contribution is -0.135. The van der Waals surface area contributed by atoms with Crippen LogP contribution in [0.25, 0.3) is 0 Å². The zero-order valence-electron chi connectivity index (χ0n) is 15.0. The van der Waals surface area contributed by atoms with Crippen molar-refractivity contribution in [2.24, 2.45) is 0 Å². The third-order valence-corrected chi connectivity index (χ3v) is 5.82. The van der Waals surface area contributed by atoms with Crippen LogP contribution in [0.4, 0.5) is 5.69 Å². The summed E-state index contributed by atoms with van der Waals surface area (Å²) in [5.41, 5.74) is 1.88. The molecule has 0 amide bonds. The van der Waals surface area contributed by atoms with E-state index >= 15 is 0 Å². The number of aliphatic carboxylic acids is 1. The molecule has 2 rings (SSSR count). The van der Waals surface area contributed by atoms with E-state index in [4.69, 9.17) is 9.47 Å². The molecule has 0 aliphatic carbocycles. The average Bonchev–Trinajstić information content (AvgIpc) is 2.61. The second-order valence-corrected chi connectivity index (χ2v) is 7.50.